The number of rotatable bonds is 1. The number of pyridine rings is 1. The SMILES string of the molecule is Cc1ccc2c(c1)c(F)cc1c(-c3cc(C)c4ccccc4c3)nccc12. The first-order valence-corrected chi connectivity index (χ1v) is 9.09. The molecular weight excluding hydrogens is 333 g/mol. The van der Waals surface area contributed by atoms with E-state index in [1.807, 2.05) is 43.5 Å². The Morgan fingerprint density at radius 3 is 2.41 bits per heavy atom. The van der Waals surface area contributed by atoms with Crippen LogP contribution in [0.2, 0.25) is 0 Å². The normalized spacial score (nSPS) is 11.5. The number of benzene rings is 4. The van der Waals surface area contributed by atoms with E-state index in [-0.39, 0.29) is 5.82 Å². The molecule has 0 bridgehead atoms. The quantitative estimate of drug-likeness (QED) is 0.297. The number of aryl methyl sites for hydroxylation is 2. The molecule has 0 fully saturated rings. The summed E-state index contributed by atoms with van der Waals surface area (Å²) >= 11 is 0. The molecule has 0 unspecified atom stereocenters. The fourth-order valence-corrected chi connectivity index (χ4v) is 4.02. The number of hydrogen-bond acceptors (Lipinski definition) is 1. The molecule has 0 N–H and O–H groups in total. The second-order valence-corrected chi connectivity index (χ2v) is 7.18. The van der Waals surface area contributed by atoms with Gasteiger partial charge in [0.05, 0.1) is 5.69 Å². The van der Waals surface area contributed by atoms with E-state index < -0.39 is 0 Å². The van der Waals surface area contributed by atoms with E-state index in [1.165, 1.54) is 16.3 Å². The fourth-order valence-electron chi connectivity index (χ4n) is 4.02. The number of nitrogens with zero attached hydrogens (tertiary/aromatic N) is 1. The Balaban J connectivity index is 1.87. The highest BCUT2D eigenvalue weighted by atomic mass is 19.1. The molecule has 0 radical (unpaired) electrons. The third-order valence-corrected chi connectivity index (χ3v) is 5.33. The molecule has 4 aromatic carbocycles. The lowest BCUT2D eigenvalue weighted by molar-refractivity contribution is 0.641. The Labute approximate surface area is 157 Å². The molecule has 130 valence electrons. The van der Waals surface area contributed by atoms with E-state index in [2.05, 4.69) is 42.2 Å². The second kappa shape index (κ2) is 5.88. The first-order chi connectivity index (χ1) is 13.1. The molecule has 27 heavy (non-hydrogen) atoms. The maximum atomic E-state index is 14.9. The molecule has 0 amide bonds. The lowest BCUT2D eigenvalue weighted by Gasteiger charge is -2.12. The van der Waals surface area contributed by atoms with Crippen LogP contribution < -0.4 is 0 Å². The maximum absolute atomic E-state index is 14.9. The van der Waals surface area contributed by atoms with Crippen molar-refractivity contribution >= 4 is 32.3 Å². The van der Waals surface area contributed by atoms with E-state index in [9.17, 15) is 4.39 Å². The van der Waals surface area contributed by atoms with Gasteiger partial charge in [0.25, 0.3) is 0 Å². The summed E-state index contributed by atoms with van der Waals surface area (Å²) in [5.41, 5.74) is 4.09. The number of hydrogen-bond donors (Lipinski definition) is 0. The zero-order valence-corrected chi connectivity index (χ0v) is 15.3. The molecule has 5 rings (SSSR count). The van der Waals surface area contributed by atoms with E-state index >= 15 is 0 Å². The summed E-state index contributed by atoms with van der Waals surface area (Å²) in [7, 11) is 0. The molecule has 0 aliphatic heterocycles. The van der Waals surface area contributed by atoms with Crippen molar-refractivity contribution in [3.63, 3.8) is 0 Å². The summed E-state index contributed by atoms with van der Waals surface area (Å²) in [4.78, 5) is 4.62. The Morgan fingerprint density at radius 1 is 0.704 bits per heavy atom. The van der Waals surface area contributed by atoms with Gasteiger partial charge in [-0.3, -0.25) is 4.98 Å². The molecule has 0 aliphatic carbocycles. The zero-order valence-electron chi connectivity index (χ0n) is 15.3. The highest BCUT2D eigenvalue weighted by Gasteiger charge is 2.13. The predicted octanol–water partition coefficient (Wildman–Crippen LogP) is 6.96. The van der Waals surface area contributed by atoms with Gasteiger partial charge in [-0.1, -0.05) is 42.0 Å². The molecule has 0 saturated heterocycles. The summed E-state index contributed by atoms with van der Waals surface area (Å²) in [6.45, 7) is 4.09. The molecule has 1 heterocycles. The van der Waals surface area contributed by atoms with Crippen LogP contribution in [0, 0.1) is 19.7 Å². The van der Waals surface area contributed by atoms with Crippen LogP contribution in [-0.4, -0.2) is 4.98 Å². The summed E-state index contributed by atoms with van der Waals surface area (Å²) < 4.78 is 14.9. The minimum atomic E-state index is -0.201. The molecule has 1 aromatic heterocycles. The van der Waals surface area contributed by atoms with Crippen molar-refractivity contribution in [2.45, 2.75) is 13.8 Å². The summed E-state index contributed by atoms with van der Waals surface area (Å²) in [5, 5.41) is 5.87. The monoisotopic (exact) mass is 351 g/mol. The molecule has 0 spiro atoms. The van der Waals surface area contributed by atoms with Gasteiger partial charge in [-0.05, 0) is 71.3 Å². The van der Waals surface area contributed by atoms with E-state index in [1.54, 1.807) is 6.07 Å². The van der Waals surface area contributed by atoms with Crippen LogP contribution in [0.5, 0.6) is 0 Å². The van der Waals surface area contributed by atoms with Crippen molar-refractivity contribution in [3.8, 4) is 11.3 Å². The van der Waals surface area contributed by atoms with Crippen molar-refractivity contribution < 1.29 is 4.39 Å². The summed E-state index contributed by atoms with van der Waals surface area (Å²) in [6, 6.07) is 22.1. The van der Waals surface area contributed by atoms with Gasteiger partial charge in [-0.25, -0.2) is 4.39 Å². The molecule has 0 saturated carbocycles. The van der Waals surface area contributed by atoms with Crippen LogP contribution in [0.1, 0.15) is 11.1 Å². The largest absolute Gasteiger partial charge is 0.256 e. The summed E-state index contributed by atoms with van der Waals surface area (Å²) in [6.07, 6.45) is 1.82. The Hall–Kier alpha value is -3.26. The fraction of sp³-hybridized carbons (Fsp3) is 0.0800. The van der Waals surface area contributed by atoms with Gasteiger partial charge < -0.3 is 0 Å². The standard InChI is InChI=1S/C25H18FN/c1-15-7-8-20-21-9-10-27-25(23(21)14-24(26)22(20)11-15)18-12-16(2)19-6-4-3-5-17(19)13-18/h3-14H,1-2H3. The summed E-state index contributed by atoms with van der Waals surface area (Å²) in [5.74, 6) is -0.201. The highest BCUT2D eigenvalue weighted by molar-refractivity contribution is 6.12. The maximum Gasteiger partial charge on any atom is 0.131 e. The number of halogens is 1. The Bertz CT molecular complexity index is 1350. The third-order valence-electron chi connectivity index (χ3n) is 5.33. The average Bonchev–Trinajstić information content (AvgIpc) is 2.68. The second-order valence-electron chi connectivity index (χ2n) is 7.18. The topological polar surface area (TPSA) is 12.9 Å². The van der Waals surface area contributed by atoms with Gasteiger partial charge in [0, 0.05) is 22.5 Å². The smallest absolute Gasteiger partial charge is 0.131 e. The predicted molar refractivity (Wildman–Crippen MR) is 112 cm³/mol. The van der Waals surface area contributed by atoms with Gasteiger partial charge in [0.15, 0.2) is 0 Å². The first kappa shape index (κ1) is 16.0. The molecule has 2 heteroatoms. The minimum absolute atomic E-state index is 0.201. The lowest BCUT2D eigenvalue weighted by atomic mass is 9.95. The van der Waals surface area contributed by atoms with Gasteiger partial charge in [-0.2, -0.15) is 0 Å². The molecular formula is C25H18FN. The molecule has 0 atom stereocenters. The highest BCUT2D eigenvalue weighted by Crippen LogP contribution is 2.35. The van der Waals surface area contributed by atoms with Crippen molar-refractivity contribution in [1.29, 1.82) is 0 Å². The van der Waals surface area contributed by atoms with Crippen LogP contribution in [-0.2, 0) is 0 Å². The van der Waals surface area contributed by atoms with Gasteiger partial charge >= 0.3 is 0 Å². The zero-order chi connectivity index (χ0) is 18.5. The van der Waals surface area contributed by atoms with Gasteiger partial charge in [0.1, 0.15) is 5.82 Å². The van der Waals surface area contributed by atoms with Gasteiger partial charge in [0.2, 0.25) is 0 Å². The average molecular weight is 351 g/mol. The van der Waals surface area contributed by atoms with Crippen LogP contribution in [0.25, 0.3) is 43.6 Å². The Kier molecular flexibility index (Phi) is 3.48. The van der Waals surface area contributed by atoms with Crippen molar-refractivity contribution in [1.82, 2.24) is 4.98 Å². The molecule has 5 aromatic rings. The first-order valence-electron chi connectivity index (χ1n) is 9.09. The molecule has 1 nitrogen and oxygen atoms in total. The van der Waals surface area contributed by atoms with Crippen LogP contribution in [0.15, 0.2) is 72.9 Å². The molecule has 0 aliphatic rings. The van der Waals surface area contributed by atoms with Crippen molar-refractivity contribution in [2.75, 3.05) is 0 Å². The van der Waals surface area contributed by atoms with E-state index in [0.29, 0.717) is 5.39 Å². The number of aromatic nitrogens is 1. The van der Waals surface area contributed by atoms with Crippen molar-refractivity contribution in [2.24, 2.45) is 0 Å². The van der Waals surface area contributed by atoms with Crippen LogP contribution in [0.3, 0.4) is 0 Å². The van der Waals surface area contributed by atoms with Gasteiger partial charge in [-0.15, -0.1) is 0 Å². The van der Waals surface area contributed by atoms with Crippen LogP contribution in [0.4, 0.5) is 4.39 Å². The van der Waals surface area contributed by atoms with Crippen LogP contribution >= 0.6 is 0 Å². The Morgan fingerprint density at radius 2 is 1.52 bits per heavy atom. The lowest BCUT2D eigenvalue weighted by Crippen LogP contribution is -1.91. The third kappa shape index (κ3) is 2.48. The number of fused-ring (bicyclic) bond motifs is 4. The van der Waals surface area contributed by atoms with E-state index in [0.717, 1.165) is 33.0 Å². The van der Waals surface area contributed by atoms with Crippen molar-refractivity contribution in [3.05, 3.63) is 89.9 Å². The minimum Gasteiger partial charge on any atom is -0.256 e. The van der Waals surface area contributed by atoms with E-state index in [4.69, 9.17) is 0 Å².